The Bertz CT molecular complexity index is 1240. The molecule has 1 aromatic heterocycles. The van der Waals surface area contributed by atoms with E-state index in [-0.39, 0.29) is 31.3 Å². The fourth-order valence-electron chi connectivity index (χ4n) is 3.79. The standard InChI is InChI=1S/C28H31Cl2N5O2/c1-4-28(3,30)26(29)19-34(21(2)36)35(18-23-8-6-5-7-9-23)27(37)14-25-16-32-20-33(25)17-24-12-10-22(15-31)11-13-24/h5-13,16,20,26H,4,14,17-19H2,1-3H3/t26-,28-/m0/s1. The van der Waals surface area contributed by atoms with Crippen LogP contribution in [0.15, 0.2) is 67.1 Å². The van der Waals surface area contributed by atoms with E-state index in [1.165, 1.54) is 16.9 Å². The van der Waals surface area contributed by atoms with E-state index < -0.39 is 10.3 Å². The maximum atomic E-state index is 13.7. The maximum Gasteiger partial charge on any atom is 0.247 e. The van der Waals surface area contributed by atoms with Crippen molar-refractivity contribution in [2.24, 2.45) is 0 Å². The Kier molecular flexibility index (Phi) is 9.73. The molecule has 0 aliphatic heterocycles. The monoisotopic (exact) mass is 539 g/mol. The van der Waals surface area contributed by atoms with Crippen LogP contribution in [-0.2, 0) is 29.1 Å². The second-order valence-corrected chi connectivity index (χ2v) is 10.5. The third-order valence-corrected chi connectivity index (χ3v) is 7.62. The summed E-state index contributed by atoms with van der Waals surface area (Å²) in [6, 6.07) is 18.9. The molecule has 9 heteroatoms. The van der Waals surface area contributed by atoms with Gasteiger partial charge in [0.1, 0.15) is 0 Å². The molecule has 3 rings (SSSR count). The minimum atomic E-state index is -0.740. The SMILES string of the molecule is CC[C@](C)(Cl)[C@@H](Cl)CN(C(C)=O)N(Cc1ccccc1)C(=O)Cc1cncn1Cc1ccc(C#N)cc1. The molecule has 2 atom stereocenters. The molecule has 3 aromatic rings. The molecule has 2 aromatic carbocycles. The molecule has 0 saturated heterocycles. The van der Waals surface area contributed by atoms with Gasteiger partial charge in [0.2, 0.25) is 11.8 Å². The molecule has 1 heterocycles. The summed E-state index contributed by atoms with van der Waals surface area (Å²) in [5.74, 6) is -0.568. The Morgan fingerprint density at radius 1 is 1.11 bits per heavy atom. The van der Waals surface area contributed by atoms with E-state index in [9.17, 15) is 9.59 Å². The minimum absolute atomic E-state index is 0.0335. The number of aromatic nitrogens is 2. The number of amides is 2. The van der Waals surface area contributed by atoms with Crippen LogP contribution in [0.25, 0.3) is 0 Å². The van der Waals surface area contributed by atoms with Crippen LogP contribution in [0.4, 0.5) is 0 Å². The molecule has 0 aliphatic rings. The van der Waals surface area contributed by atoms with E-state index in [1.807, 2.05) is 60.9 Å². The number of nitriles is 1. The quantitative estimate of drug-likeness (QED) is 0.263. The molecule has 0 bridgehead atoms. The highest BCUT2D eigenvalue weighted by atomic mass is 35.5. The molecule has 7 nitrogen and oxygen atoms in total. The van der Waals surface area contributed by atoms with Gasteiger partial charge >= 0.3 is 0 Å². The van der Waals surface area contributed by atoms with Gasteiger partial charge in [0.05, 0.1) is 47.7 Å². The first-order valence-corrected chi connectivity index (χ1v) is 12.9. The van der Waals surface area contributed by atoms with Crippen molar-refractivity contribution in [3.8, 4) is 6.07 Å². The molecule has 0 unspecified atom stereocenters. The lowest BCUT2D eigenvalue weighted by Gasteiger charge is -2.38. The van der Waals surface area contributed by atoms with Gasteiger partial charge in [-0.3, -0.25) is 9.59 Å². The molecular weight excluding hydrogens is 509 g/mol. The van der Waals surface area contributed by atoms with E-state index in [4.69, 9.17) is 28.5 Å². The van der Waals surface area contributed by atoms with Gasteiger partial charge in [-0.15, -0.1) is 23.2 Å². The van der Waals surface area contributed by atoms with Crippen LogP contribution in [0.3, 0.4) is 0 Å². The normalized spacial score (nSPS) is 13.3. The summed E-state index contributed by atoms with van der Waals surface area (Å²) in [6.07, 6.45) is 3.96. The Balaban J connectivity index is 1.86. The average molecular weight is 540 g/mol. The van der Waals surface area contributed by atoms with E-state index in [0.717, 1.165) is 11.1 Å². The number of nitrogens with zero attached hydrogens (tertiary/aromatic N) is 5. The van der Waals surface area contributed by atoms with Crippen LogP contribution < -0.4 is 0 Å². The molecule has 0 spiro atoms. The van der Waals surface area contributed by atoms with Crippen LogP contribution in [0.2, 0.25) is 0 Å². The first kappa shape index (κ1) is 28.2. The number of rotatable bonds is 10. The van der Waals surface area contributed by atoms with Crippen LogP contribution >= 0.6 is 23.2 Å². The van der Waals surface area contributed by atoms with Crippen molar-refractivity contribution in [3.63, 3.8) is 0 Å². The average Bonchev–Trinajstić information content (AvgIpc) is 3.32. The number of carbonyl (C=O) groups excluding carboxylic acids is 2. The van der Waals surface area contributed by atoms with E-state index in [2.05, 4.69) is 11.1 Å². The second-order valence-electron chi connectivity index (χ2n) is 9.14. The molecule has 0 radical (unpaired) electrons. The highest BCUT2D eigenvalue weighted by Gasteiger charge is 2.34. The molecular formula is C28H31Cl2N5O2. The molecule has 2 amide bonds. The summed E-state index contributed by atoms with van der Waals surface area (Å²) in [4.78, 5) is 30.0. The number of hydrogen-bond acceptors (Lipinski definition) is 4. The lowest BCUT2D eigenvalue weighted by atomic mass is 10.0. The first-order chi connectivity index (χ1) is 17.6. The van der Waals surface area contributed by atoms with Crippen molar-refractivity contribution < 1.29 is 9.59 Å². The van der Waals surface area contributed by atoms with E-state index >= 15 is 0 Å². The Morgan fingerprint density at radius 3 is 2.38 bits per heavy atom. The van der Waals surface area contributed by atoms with Gasteiger partial charge in [-0.05, 0) is 36.6 Å². The number of alkyl halides is 2. The Morgan fingerprint density at radius 2 is 1.78 bits per heavy atom. The van der Waals surface area contributed by atoms with Crippen molar-refractivity contribution in [2.75, 3.05) is 6.54 Å². The molecule has 0 aliphatic carbocycles. The van der Waals surface area contributed by atoms with Crippen LogP contribution in [0.5, 0.6) is 0 Å². The van der Waals surface area contributed by atoms with Gasteiger partial charge in [0.15, 0.2) is 0 Å². The number of carbonyl (C=O) groups is 2. The fourth-order valence-corrected chi connectivity index (χ4v) is 4.14. The Hall–Kier alpha value is -3.34. The number of hydrogen-bond donors (Lipinski definition) is 0. The summed E-state index contributed by atoms with van der Waals surface area (Å²) in [7, 11) is 0. The van der Waals surface area contributed by atoms with E-state index in [1.54, 1.807) is 24.7 Å². The smallest absolute Gasteiger partial charge is 0.247 e. The maximum absolute atomic E-state index is 13.7. The van der Waals surface area contributed by atoms with Gasteiger partial charge < -0.3 is 4.57 Å². The molecule has 0 fully saturated rings. The van der Waals surface area contributed by atoms with Crippen molar-refractivity contribution >= 4 is 35.0 Å². The lowest BCUT2D eigenvalue weighted by molar-refractivity contribution is -0.164. The summed E-state index contributed by atoms with van der Waals surface area (Å²) >= 11 is 13.2. The minimum Gasteiger partial charge on any atom is -0.330 e. The fraction of sp³-hybridized carbons (Fsp3) is 0.357. The molecule has 0 saturated carbocycles. The molecule has 0 N–H and O–H groups in total. The third kappa shape index (κ3) is 7.58. The van der Waals surface area contributed by atoms with Crippen LogP contribution in [0.1, 0.15) is 49.6 Å². The van der Waals surface area contributed by atoms with Crippen LogP contribution in [0, 0.1) is 11.3 Å². The predicted molar refractivity (Wildman–Crippen MR) is 145 cm³/mol. The Labute approximate surface area is 228 Å². The largest absolute Gasteiger partial charge is 0.330 e. The highest BCUT2D eigenvalue weighted by molar-refractivity contribution is 6.32. The van der Waals surface area contributed by atoms with Gasteiger partial charge in [0.25, 0.3) is 0 Å². The summed E-state index contributed by atoms with van der Waals surface area (Å²) in [5, 5.41) is 11.3. The molecule has 37 heavy (non-hydrogen) atoms. The third-order valence-electron chi connectivity index (χ3n) is 6.36. The van der Waals surface area contributed by atoms with Crippen molar-refractivity contribution in [1.29, 1.82) is 5.26 Å². The number of imidazole rings is 1. The zero-order valence-corrected chi connectivity index (χ0v) is 22.8. The number of hydrazine groups is 1. The van der Waals surface area contributed by atoms with Crippen molar-refractivity contribution in [1.82, 2.24) is 19.6 Å². The van der Waals surface area contributed by atoms with Crippen molar-refractivity contribution in [3.05, 3.63) is 89.5 Å². The first-order valence-electron chi connectivity index (χ1n) is 12.1. The second kappa shape index (κ2) is 12.8. The zero-order chi connectivity index (χ0) is 27.0. The van der Waals surface area contributed by atoms with Gasteiger partial charge in [-0.2, -0.15) is 5.26 Å². The lowest BCUT2D eigenvalue weighted by Crippen LogP contribution is -2.53. The summed E-state index contributed by atoms with van der Waals surface area (Å²) in [6.45, 7) is 5.97. The van der Waals surface area contributed by atoms with Gasteiger partial charge in [-0.25, -0.2) is 15.0 Å². The highest BCUT2D eigenvalue weighted by Crippen LogP contribution is 2.29. The summed E-state index contributed by atoms with van der Waals surface area (Å²) in [5.41, 5.74) is 3.14. The zero-order valence-electron chi connectivity index (χ0n) is 21.3. The van der Waals surface area contributed by atoms with Gasteiger partial charge in [0, 0.05) is 25.4 Å². The molecule has 194 valence electrons. The van der Waals surface area contributed by atoms with Crippen molar-refractivity contribution in [2.45, 2.75) is 57.0 Å². The number of halogens is 2. The predicted octanol–water partition coefficient (Wildman–Crippen LogP) is 5.15. The summed E-state index contributed by atoms with van der Waals surface area (Å²) < 4.78 is 1.88. The van der Waals surface area contributed by atoms with Crippen LogP contribution in [-0.4, -0.2) is 48.2 Å². The number of benzene rings is 2. The topological polar surface area (TPSA) is 82.2 Å². The van der Waals surface area contributed by atoms with E-state index in [0.29, 0.717) is 24.2 Å². The van der Waals surface area contributed by atoms with Gasteiger partial charge in [-0.1, -0.05) is 49.4 Å².